The number of ether oxygens (including phenoxy) is 1. The molecule has 1 fully saturated rings. The Labute approximate surface area is 192 Å². The lowest BCUT2D eigenvalue weighted by atomic mass is 10.0. The molecule has 3 heterocycles. The number of carboxylic acid groups (broad SMARTS) is 1. The molecular formula is C19H23N5O6S2. The van der Waals surface area contributed by atoms with Gasteiger partial charge in [0.2, 0.25) is 5.91 Å². The number of aliphatic carboxylic acids is 1. The van der Waals surface area contributed by atoms with E-state index < -0.39 is 46.9 Å². The van der Waals surface area contributed by atoms with Crippen LogP contribution in [-0.2, 0) is 19.1 Å². The molecule has 3 amide bonds. The first-order chi connectivity index (χ1) is 14.9. The Balaban J connectivity index is 1.78. The number of rotatable bonds is 6. The van der Waals surface area contributed by atoms with Gasteiger partial charge in [-0.1, -0.05) is 12.7 Å². The molecule has 2 aliphatic heterocycles. The van der Waals surface area contributed by atoms with Crippen LogP contribution in [0.1, 0.15) is 32.5 Å². The van der Waals surface area contributed by atoms with Crippen molar-refractivity contribution in [1.82, 2.24) is 20.5 Å². The Bertz CT molecular complexity index is 1010. The van der Waals surface area contributed by atoms with Crippen molar-refractivity contribution in [3.63, 3.8) is 0 Å². The van der Waals surface area contributed by atoms with Crippen LogP contribution in [0.25, 0.3) is 0 Å². The molecular weight excluding hydrogens is 458 g/mol. The van der Waals surface area contributed by atoms with Gasteiger partial charge in [-0.25, -0.2) is 14.6 Å². The number of carbonyl (C=O) groups is 4. The van der Waals surface area contributed by atoms with E-state index in [4.69, 9.17) is 10.5 Å². The summed E-state index contributed by atoms with van der Waals surface area (Å²) in [6.07, 6.45) is 0.559. The van der Waals surface area contributed by atoms with Gasteiger partial charge in [0, 0.05) is 11.1 Å². The van der Waals surface area contributed by atoms with Gasteiger partial charge in [-0.15, -0.1) is 23.1 Å². The quantitative estimate of drug-likeness (QED) is 0.437. The third-order valence-electron chi connectivity index (χ3n) is 4.50. The second-order valence-corrected chi connectivity index (χ2v) is 9.96. The molecule has 0 saturated carbocycles. The maximum atomic E-state index is 13.0. The van der Waals surface area contributed by atoms with Crippen molar-refractivity contribution in [3.8, 4) is 0 Å². The lowest BCUT2D eigenvalue weighted by Crippen LogP contribution is -2.71. The van der Waals surface area contributed by atoms with Gasteiger partial charge in [0.25, 0.3) is 5.91 Å². The standard InChI is InChI=1S/C19H23N5O6S2/c1-5-8-6-31-15-11(14(26)24(15)12(8)16(27)28)22-13(25)10(9-7-32-17(20)21-9)23-18(29)30-19(2,3)4/h5,7,10-11,15H,1,6H2,2-4H3,(H2,20,21)(H,22,25)(H,23,29)(H,27,28)/t10?,11?,15-/m0/s1. The lowest BCUT2D eigenvalue weighted by molar-refractivity contribution is -0.151. The summed E-state index contributed by atoms with van der Waals surface area (Å²) in [6, 6.07) is -2.22. The van der Waals surface area contributed by atoms with Crippen molar-refractivity contribution in [2.45, 2.75) is 43.8 Å². The Hall–Kier alpha value is -3.06. The zero-order valence-electron chi connectivity index (χ0n) is 17.6. The van der Waals surface area contributed by atoms with Crippen LogP contribution in [0, 0.1) is 0 Å². The molecule has 0 spiro atoms. The van der Waals surface area contributed by atoms with Gasteiger partial charge in [-0.3, -0.25) is 14.5 Å². The average molecular weight is 482 g/mol. The smallest absolute Gasteiger partial charge is 0.408 e. The number of nitrogens with zero attached hydrogens (tertiary/aromatic N) is 2. The number of allylic oxidation sites excluding steroid dienone is 1. The number of hydrogen-bond donors (Lipinski definition) is 4. The number of aromatic nitrogens is 1. The van der Waals surface area contributed by atoms with Crippen LogP contribution in [0.5, 0.6) is 0 Å². The maximum absolute atomic E-state index is 13.0. The molecule has 172 valence electrons. The molecule has 1 aromatic heterocycles. The van der Waals surface area contributed by atoms with Gasteiger partial charge in [0.15, 0.2) is 11.2 Å². The van der Waals surface area contributed by atoms with E-state index in [0.29, 0.717) is 11.3 Å². The molecule has 11 nitrogen and oxygen atoms in total. The molecule has 2 unspecified atom stereocenters. The number of thiazole rings is 1. The molecule has 5 N–H and O–H groups in total. The first-order valence-corrected chi connectivity index (χ1v) is 11.4. The number of nitrogens with two attached hydrogens (primary N) is 1. The molecule has 1 saturated heterocycles. The SMILES string of the molecule is C=CC1=C(C(=O)O)N2C(=O)C(NC(=O)C(NC(=O)OC(C)(C)C)c3csc(N)n3)[C@@H]2SC1. The van der Waals surface area contributed by atoms with Crippen molar-refractivity contribution in [2.75, 3.05) is 11.5 Å². The van der Waals surface area contributed by atoms with E-state index in [9.17, 15) is 24.3 Å². The summed E-state index contributed by atoms with van der Waals surface area (Å²) in [7, 11) is 0. The van der Waals surface area contributed by atoms with Crippen LogP contribution < -0.4 is 16.4 Å². The molecule has 0 aliphatic carbocycles. The summed E-state index contributed by atoms with van der Waals surface area (Å²) in [5.41, 5.74) is 5.35. The Kier molecular flexibility index (Phi) is 6.51. The third kappa shape index (κ3) is 4.72. The maximum Gasteiger partial charge on any atom is 0.408 e. The highest BCUT2D eigenvalue weighted by Gasteiger charge is 2.54. The molecule has 0 bridgehead atoms. The molecule has 13 heteroatoms. The summed E-state index contributed by atoms with van der Waals surface area (Å²) >= 11 is 2.39. The number of alkyl carbamates (subject to hydrolysis) is 1. The van der Waals surface area contributed by atoms with Crippen LogP contribution >= 0.6 is 23.1 Å². The van der Waals surface area contributed by atoms with E-state index in [1.165, 1.54) is 23.2 Å². The number of carbonyl (C=O) groups excluding carboxylic acids is 3. The number of thioether (sulfide) groups is 1. The molecule has 3 atom stereocenters. The Morgan fingerprint density at radius 1 is 1.44 bits per heavy atom. The first-order valence-electron chi connectivity index (χ1n) is 9.47. The summed E-state index contributed by atoms with van der Waals surface area (Å²) in [5, 5.41) is 15.7. The van der Waals surface area contributed by atoms with Crippen LogP contribution in [0.15, 0.2) is 29.3 Å². The number of carboxylic acids is 1. The summed E-state index contributed by atoms with van der Waals surface area (Å²) in [5.74, 6) is -2.18. The zero-order chi connectivity index (χ0) is 23.8. The van der Waals surface area contributed by atoms with E-state index in [0.717, 1.165) is 16.2 Å². The van der Waals surface area contributed by atoms with Crippen LogP contribution in [-0.4, -0.2) is 61.6 Å². The van der Waals surface area contributed by atoms with Crippen LogP contribution in [0.4, 0.5) is 9.93 Å². The second-order valence-electron chi connectivity index (χ2n) is 7.97. The normalized spacial score (nSPS) is 21.2. The molecule has 3 rings (SSSR count). The van der Waals surface area contributed by atoms with Gasteiger partial charge in [-0.2, -0.15) is 0 Å². The lowest BCUT2D eigenvalue weighted by Gasteiger charge is -2.49. The summed E-state index contributed by atoms with van der Waals surface area (Å²) in [6.45, 7) is 8.62. The number of hydrogen-bond acceptors (Lipinski definition) is 9. The zero-order valence-corrected chi connectivity index (χ0v) is 19.2. The van der Waals surface area contributed by atoms with E-state index in [1.54, 1.807) is 20.8 Å². The predicted octanol–water partition coefficient (Wildman–Crippen LogP) is 1.22. The van der Waals surface area contributed by atoms with E-state index in [-0.39, 0.29) is 16.5 Å². The number of fused-ring (bicyclic) bond motifs is 1. The molecule has 2 aliphatic rings. The number of nitrogens with one attached hydrogen (secondary N) is 2. The molecule has 0 radical (unpaired) electrons. The highest BCUT2D eigenvalue weighted by molar-refractivity contribution is 8.00. The first kappa shape index (κ1) is 23.6. The van der Waals surface area contributed by atoms with Crippen molar-refractivity contribution in [3.05, 3.63) is 35.0 Å². The summed E-state index contributed by atoms with van der Waals surface area (Å²) in [4.78, 5) is 54.8. The average Bonchev–Trinajstić information content (AvgIpc) is 3.13. The highest BCUT2D eigenvalue weighted by atomic mass is 32.2. The number of β-lactam (4-membered cyclic amide) rings is 1. The van der Waals surface area contributed by atoms with Crippen LogP contribution in [0.2, 0.25) is 0 Å². The number of amides is 3. The predicted molar refractivity (Wildman–Crippen MR) is 119 cm³/mol. The minimum absolute atomic E-state index is 0.144. The van der Waals surface area contributed by atoms with Crippen molar-refractivity contribution in [1.29, 1.82) is 0 Å². The Morgan fingerprint density at radius 2 is 2.12 bits per heavy atom. The second kappa shape index (κ2) is 8.82. The van der Waals surface area contributed by atoms with Crippen molar-refractivity contribution in [2.24, 2.45) is 0 Å². The monoisotopic (exact) mass is 481 g/mol. The van der Waals surface area contributed by atoms with Gasteiger partial charge >= 0.3 is 12.1 Å². The minimum atomic E-state index is -1.26. The largest absolute Gasteiger partial charge is 0.477 e. The fourth-order valence-corrected chi connectivity index (χ4v) is 5.10. The molecule has 1 aromatic rings. The summed E-state index contributed by atoms with van der Waals surface area (Å²) < 4.78 is 5.22. The minimum Gasteiger partial charge on any atom is -0.477 e. The Morgan fingerprint density at radius 3 is 2.66 bits per heavy atom. The fraction of sp³-hybridized carbons (Fsp3) is 0.421. The van der Waals surface area contributed by atoms with E-state index in [1.807, 2.05) is 0 Å². The number of anilines is 1. The molecule has 0 aromatic carbocycles. The van der Waals surface area contributed by atoms with E-state index >= 15 is 0 Å². The fourth-order valence-electron chi connectivity index (χ4n) is 3.17. The van der Waals surface area contributed by atoms with Gasteiger partial charge < -0.3 is 26.2 Å². The topological polar surface area (TPSA) is 164 Å². The highest BCUT2D eigenvalue weighted by Crippen LogP contribution is 2.40. The van der Waals surface area contributed by atoms with Crippen LogP contribution in [0.3, 0.4) is 0 Å². The third-order valence-corrected chi connectivity index (χ3v) is 6.50. The van der Waals surface area contributed by atoms with Gasteiger partial charge in [0.05, 0.1) is 5.69 Å². The van der Waals surface area contributed by atoms with Crippen molar-refractivity contribution < 1.29 is 29.0 Å². The van der Waals surface area contributed by atoms with Crippen molar-refractivity contribution >= 4 is 52.1 Å². The van der Waals surface area contributed by atoms with Gasteiger partial charge in [-0.05, 0) is 26.3 Å². The van der Waals surface area contributed by atoms with E-state index in [2.05, 4.69) is 22.2 Å². The molecule has 32 heavy (non-hydrogen) atoms. The number of nitrogen functional groups attached to an aromatic ring is 1. The van der Waals surface area contributed by atoms with Gasteiger partial charge in [0.1, 0.15) is 22.7 Å².